The first-order valence-corrected chi connectivity index (χ1v) is 10.9. The fourth-order valence-corrected chi connectivity index (χ4v) is 4.98. The van der Waals surface area contributed by atoms with Crippen molar-refractivity contribution in [1.29, 1.82) is 0 Å². The highest BCUT2D eigenvalue weighted by Crippen LogP contribution is 2.23. The molecule has 1 aromatic heterocycles. The first-order chi connectivity index (χ1) is 12.7. The maximum atomic E-state index is 12.5. The minimum Gasteiger partial charge on any atom is -0.370 e. The summed E-state index contributed by atoms with van der Waals surface area (Å²) in [6, 6.07) is 11.2. The molecule has 1 N–H and O–H groups in total. The Morgan fingerprint density at radius 1 is 1.22 bits per heavy atom. The summed E-state index contributed by atoms with van der Waals surface area (Å²) in [5, 5.41) is 2.86. The summed E-state index contributed by atoms with van der Waals surface area (Å²) in [5.74, 6) is 0.507. The highest BCUT2D eigenvalue weighted by atomic mass is 32.2. The molecule has 144 valence electrons. The van der Waals surface area contributed by atoms with Crippen molar-refractivity contribution in [2.45, 2.75) is 32.2 Å². The van der Waals surface area contributed by atoms with E-state index in [9.17, 15) is 13.2 Å². The third-order valence-corrected chi connectivity index (χ3v) is 6.73. The van der Waals surface area contributed by atoms with E-state index in [0.717, 1.165) is 5.69 Å². The lowest BCUT2D eigenvalue weighted by Gasteiger charge is -2.25. The Labute approximate surface area is 160 Å². The Bertz CT molecular complexity index is 924. The van der Waals surface area contributed by atoms with Crippen molar-refractivity contribution in [3.8, 4) is 0 Å². The summed E-state index contributed by atoms with van der Waals surface area (Å²) in [6.45, 7) is 4.24. The van der Waals surface area contributed by atoms with Crippen LogP contribution in [0, 0.1) is 0 Å². The van der Waals surface area contributed by atoms with Gasteiger partial charge in [0.25, 0.3) is 5.91 Å². The van der Waals surface area contributed by atoms with Crippen molar-refractivity contribution >= 4 is 27.1 Å². The number of pyridine rings is 1. The van der Waals surface area contributed by atoms with Crippen LogP contribution < -0.4 is 10.2 Å². The highest BCUT2D eigenvalue weighted by Gasteiger charge is 2.31. The molecule has 1 unspecified atom stereocenters. The molecule has 0 saturated carbocycles. The lowest BCUT2D eigenvalue weighted by atomic mass is 10.0. The van der Waals surface area contributed by atoms with Crippen LogP contribution in [0.2, 0.25) is 0 Å². The zero-order valence-electron chi connectivity index (χ0n) is 15.8. The van der Waals surface area contributed by atoms with Crippen LogP contribution in [0.1, 0.15) is 42.2 Å². The Morgan fingerprint density at radius 3 is 2.52 bits per heavy atom. The Kier molecular flexibility index (Phi) is 5.51. The van der Waals surface area contributed by atoms with Gasteiger partial charge in [-0.2, -0.15) is 0 Å². The van der Waals surface area contributed by atoms with Gasteiger partial charge in [-0.25, -0.2) is 8.42 Å². The summed E-state index contributed by atoms with van der Waals surface area (Å²) in [7, 11) is -1.11. The number of nitrogens with zero attached hydrogens (tertiary/aromatic N) is 2. The van der Waals surface area contributed by atoms with Gasteiger partial charge in [0.1, 0.15) is 5.69 Å². The molecule has 0 spiro atoms. The van der Waals surface area contributed by atoms with Crippen LogP contribution in [0.3, 0.4) is 0 Å². The van der Waals surface area contributed by atoms with Crippen LogP contribution in [0.15, 0.2) is 42.6 Å². The average molecular weight is 388 g/mol. The fourth-order valence-electron chi connectivity index (χ4n) is 3.20. The van der Waals surface area contributed by atoms with Gasteiger partial charge in [-0.15, -0.1) is 0 Å². The first kappa shape index (κ1) is 19.4. The number of sulfone groups is 1. The summed E-state index contributed by atoms with van der Waals surface area (Å²) in [5.41, 5.74) is 3.01. The molecule has 1 aliphatic heterocycles. The molecule has 7 heteroatoms. The van der Waals surface area contributed by atoms with Gasteiger partial charge >= 0.3 is 0 Å². The van der Waals surface area contributed by atoms with E-state index < -0.39 is 9.84 Å². The number of aromatic nitrogens is 1. The minimum atomic E-state index is -2.96. The van der Waals surface area contributed by atoms with Crippen molar-refractivity contribution in [3.63, 3.8) is 0 Å². The van der Waals surface area contributed by atoms with Gasteiger partial charge < -0.3 is 10.2 Å². The number of rotatable bonds is 5. The van der Waals surface area contributed by atoms with Gasteiger partial charge in [0, 0.05) is 30.7 Å². The second-order valence-electron chi connectivity index (χ2n) is 7.30. The van der Waals surface area contributed by atoms with E-state index in [-0.39, 0.29) is 23.5 Å². The van der Waals surface area contributed by atoms with Gasteiger partial charge in [-0.1, -0.05) is 26.0 Å². The molecule has 2 aromatic rings. The van der Waals surface area contributed by atoms with Crippen molar-refractivity contribution in [1.82, 2.24) is 4.98 Å². The molecule has 27 heavy (non-hydrogen) atoms. The van der Waals surface area contributed by atoms with Crippen molar-refractivity contribution in [2.24, 2.45) is 0 Å². The van der Waals surface area contributed by atoms with Crippen LogP contribution in [-0.4, -0.2) is 43.9 Å². The number of carbonyl (C=O) groups excluding carboxylic acids is 1. The molecule has 3 rings (SSSR count). The topological polar surface area (TPSA) is 79.4 Å². The van der Waals surface area contributed by atoms with Crippen molar-refractivity contribution in [3.05, 3.63) is 53.9 Å². The monoisotopic (exact) mass is 387 g/mol. The number of hydrogen-bond acceptors (Lipinski definition) is 5. The van der Waals surface area contributed by atoms with E-state index in [1.165, 1.54) is 5.56 Å². The predicted molar refractivity (Wildman–Crippen MR) is 108 cm³/mol. The van der Waals surface area contributed by atoms with Crippen LogP contribution in [0.5, 0.6) is 0 Å². The number of hydrogen-bond donors (Lipinski definition) is 1. The fraction of sp³-hybridized carbons (Fsp3) is 0.400. The highest BCUT2D eigenvalue weighted by molar-refractivity contribution is 7.91. The molecular formula is C20H25N3O3S. The first-order valence-electron chi connectivity index (χ1n) is 9.06. The van der Waals surface area contributed by atoms with Crippen molar-refractivity contribution < 1.29 is 13.2 Å². The molecule has 0 aliphatic carbocycles. The average Bonchev–Trinajstić information content (AvgIpc) is 3.01. The molecular weight excluding hydrogens is 362 g/mol. The summed E-state index contributed by atoms with van der Waals surface area (Å²) < 4.78 is 23.4. The van der Waals surface area contributed by atoms with Gasteiger partial charge in [0.15, 0.2) is 9.84 Å². The number of amides is 1. The number of nitrogens with one attached hydrogen (secondary N) is 1. The Hall–Kier alpha value is -2.41. The molecule has 0 bridgehead atoms. The quantitative estimate of drug-likeness (QED) is 0.853. The van der Waals surface area contributed by atoms with E-state index in [2.05, 4.69) is 24.1 Å². The second-order valence-corrected chi connectivity index (χ2v) is 9.53. The van der Waals surface area contributed by atoms with Gasteiger partial charge in [0.2, 0.25) is 0 Å². The largest absolute Gasteiger partial charge is 0.370 e. The lowest BCUT2D eigenvalue weighted by molar-refractivity contribution is 0.102. The second kappa shape index (κ2) is 7.68. The van der Waals surface area contributed by atoms with E-state index in [4.69, 9.17) is 0 Å². The predicted octanol–water partition coefficient (Wildman–Crippen LogP) is 3.08. The minimum absolute atomic E-state index is 0.0723. The third-order valence-electron chi connectivity index (χ3n) is 4.97. The zero-order valence-corrected chi connectivity index (χ0v) is 16.7. The zero-order chi connectivity index (χ0) is 19.6. The number of anilines is 2. The molecule has 1 fully saturated rings. The smallest absolute Gasteiger partial charge is 0.274 e. The van der Waals surface area contributed by atoms with E-state index >= 15 is 0 Å². The maximum absolute atomic E-state index is 12.5. The normalized spacial score (nSPS) is 18.4. The summed E-state index contributed by atoms with van der Waals surface area (Å²) >= 11 is 0. The lowest BCUT2D eigenvalue weighted by Crippen LogP contribution is -2.32. The molecule has 1 amide bonds. The standard InChI is InChI=1S/C20H25N3O3S/c1-14(2)15-4-6-16(7-5-15)22-20(24)19-12-17(8-10-21-19)23(3)18-9-11-27(25,26)13-18/h4-8,10,12,14,18H,9,11,13H2,1-3H3,(H,22,24). The molecule has 1 atom stereocenters. The third kappa shape index (κ3) is 4.66. The van der Waals surface area contributed by atoms with Crippen molar-refractivity contribution in [2.75, 3.05) is 28.8 Å². The number of carbonyl (C=O) groups is 1. The van der Waals surface area contributed by atoms with Gasteiger partial charge in [-0.05, 0) is 42.2 Å². The molecule has 0 radical (unpaired) electrons. The van der Waals surface area contributed by atoms with E-state index in [1.807, 2.05) is 36.2 Å². The molecule has 1 saturated heterocycles. The summed E-state index contributed by atoms with van der Waals surface area (Å²) in [6.07, 6.45) is 2.18. The van der Waals surface area contributed by atoms with Crippen LogP contribution in [-0.2, 0) is 9.84 Å². The Morgan fingerprint density at radius 2 is 1.93 bits per heavy atom. The summed E-state index contributed by atoms with van der Waals surface area (Å²) in [4.78, 5) is 18.6. The van der Waals surface area contributed by atoms with Gasteiger partial charge in [-0.3, -0.25) is 9.78 Å². The molecule has 1 aromatic carbocycles. The maximum Gasteiger partial charge on any atom is 0.274 e. The molecule has 1 aliphatic rings. The molecule has 6 nitrogen and oxygen atoms in total. The van der Waals surface area contributed by atoms with Crippen LogP contribution in [0.4, 0.5) is 11.4 Å². The van der Waals surface area contributed by atoms with Crippen LogP contribution in [0.25, 0.3) is 0 Å². The van der Waals surface area contributed by atoms with Crippen LogP contribution >= 0.6 is 0 Å². The molecule has 2 heterocycles. The Balaban J connectivity index is 1.72. The SMILES string of the molecule is CC(C)c1ccc(NC(=O)c2cc(N(C)C3CCS(=O)(=O)C3)ccn2)cc1. The number of benzene rings is 1. The van der Waals surface area contributed by atoms with E-state index in [0.29, 0.717) is 23.7 Å². The van der Waals surface area contributed by atoms with E-state index in [1.54, 1.807) is 18.3 Å². The van der Waals surface area contributed by atoms with Gasteiger partial charge in [0.05, 0.1) is 11.5 Å².